The number of aryl methyl sites for hydroxylation is 3. The van der Waals surface area contributed by atoms with Crippen molar-refractivity contribution in [1.82, 2.24) is 19.4 Å². The summed E-state index contributed by atoms with van der Waals surface area (Å²) in [5.74, 6) is -0.488. The maximum absolute atomic E-state index is 13.0. The second kappa shape index (κ2) is 9.00. The van der Waals surface area contributed by atoms with Crippen molar-refractivity contribution in [1.29, 1.82) is 0 Å². The van der Waals surface area contributed by atoms with E-state index in [4.69, 9.17) is 4.74 Å². The first-order valence-electron chi connectivity index (χ1n) is 10.5. The second-order valence-corrected chi connectivity index (χ2v) is 10.0. The Morgan fingerprint density at radius 3 is 2.79 bits per heavy atom. The minimum absolute atomic E-state index is 0.0987. The molecule has 1 aromatic carbocycles. The summed E-state index contributed by atoms with van der Waals surface area (Å²) in [6.07, 6.45) is 3.22. The Morgan fingerprint density at radius 1 is 1.12 bits per heavy atom. The van der Waals surface area contributed by atoms with Gasteiger partial charge in [-0.2, -0.15) is 0 Å². The molecule has 0 aliphatic rings. The zero-order valence-corrected chi connectivity index (χ0v) is 20.4. The molecule has 0 amide bonds. The first-order chi connectivity index (χ1) is 16.4. The van der Waals surface area contributed by atoms with Gasteiger partial charge in [-0.1, -0.05) is 30.0 Å². The second-order valence-electron chi connectivity index (χ2n) is 7.79. The van der Waals surface area contributed by atoms with Crippen LogP contribution in [0.15, 0.2) is 69.7 Å². The van der Waals surface area contributed by atoms with Gasteiger partial charge in [0.1, 0.15) is 28.4 Å². The number of carbonyl (C=O) groups excluding carboxylic acids is 1. The van der Waals surface area contributed by atoms with E-state index in [-0.39, 0.29) is 12.2 Å². The zero-order valence-electron chi connectivity index (χ0n) is 18.7. The van der Waals surface area contributed by atoms with Gasteiger partial charge in [0.05, 0.1) is 11.3 Å². The Balaban J connectivity index is 1.41. The topological polar surface area (TPSA) is 86.5 Å². The first-order valence-corrected chi connectivity index (χ1v) is 12.2. The summed E-state index contributed by atoms with van der Waals surface area (Å²) >= 11 is 3.05. The lowest BCUT2D eigenvalue weighted by Gasteiger charge is -2.10. The van der Waals surface area contributed by atoms with Gasteiger partial charge in [-0.15, -0.1) is 11.3 Å². The van der Waals surface area contributed by atoms with Crippen LogP contribution in [-0.2, 0) is 11.3 Å². The largest absolute Gasteiger partial charge is 0.456 e. The van der Waals surface area contributed by atoms with Crippen molar-refractivity contribution in [3.05, 3.63) is 92.6 Å². The van der Waals surface area contributed by atoms with Gasteiger partial charge < -0.3 is 4.74 Å². The highest BCUT2D eigenvalue weighted by Crippen LogP contribution is 2.38. The minimum Gasteiger partial charge on any atom is -0.456 e. The Morgan fingerprint density at radius 2 is 1.94 bits per heavy atom. The fourth-order valence-corrected chi connectivity index (χ4v) is 5.79. The van der Waals surface area contributed by atoms with Crippen molar-refractivity contribution < 1.29 is 9.53 Å². The number of rotatable bonds is 5. The number of hydrogen-bond donors (Lipinski definition) is 0. The van der Waals surface area contributed by atoms with Crippen molar-refractivity contribution in [2.75, 3.05) is 0 Å². The van der Waals surface area contributed by atoms with Gasteiger partial charge in [0.15, 0.2) is 0 Å². The van der Waals surface area contributed by atoms with Crippen LogP contribution in [0.4, 0.5) is 0 Å². The van der Waals surface area contributed by atoms with Gasteiger partial charge in [-0.05, 0) is 50.1 Å². The molecule has 0 saturated heterocycles. The van der Waals surface area contributed by atoms with E-state index in [1.165, 1.54) is 27.1 Å². The van der Waals surface area contributed by atoms with Crippen LogP contribution in [-0.4, -0.2) is 25.3 Å². The van der Waals surface area contributed by atoms with E-state index in [9.17, 15) is 9.59 Å². The molecular formula is C25H20N4O3S2. The fourth-order valence-electron chi connectivity index (χ4n) is 3.66. The number of carbonyl (C=O) groups is 1. The smallest absolute Gasteiger partial charge is 0.339 e. The van der Waals surface area contributed by atoms with E-state index < -0.39 is 5.97 Å². The molecule has 9 heteroatoms. The van der Waals surface area contributed by atoms with Crippen molar-refractivity contribution in [2.24, 2.45) is 0 Å². The number of ether oxygens (including phenoxy) is 1. The highest BCUT2D eigenvalue weighted by atomic mass is 32.2. The predicted octanol–water partition coefficient (Wildman–Crippen LogP) is 5.13. The van der Waals surface area contributed by atoms with Crippen molar-refractivity contribution in [2.45, 2.75) is 37.3 Å². The molecule has 0 spiro atoms. The lowest BCUT2D eigenvalue weighted by Crippen LogP contribution is -2.17. The van der Waals surface area contributed by atoms with Crippen molar-refractivity contribution in [3.8, 4) is 0 Å². The molecule has 0 N–H and O–H groups in total. The van der Waals surface area contributed by atoms with Crippen LogP contribution >= 0.6 is 23.1 Å². The number of fused-ring (bicyclic) bond motifs is 2. The Bertz CT molecular complexity index is 1620. The lowest BCUT2D eigenvalue weighted by atomic mass is 10.2. The van der Waals surface area contributed by atoms with Gasteiger partial charge in [0, 0.05) is 27.4 Å². The van der Waals surface area contributed by atoms with E-state index >= 15 is 0 Å². The molecule has 0 atom stereocenters. The van der Waals surface area contributed by atoms with Gasteiger partial charge in [-0.3, -0.25) is 9.20 Å². The van der Waals surface area contributed by atoms with E-state index in [0.29, 0.717) is 16.9 Å². The molecule has 34 heavy (non-hydrogen) atoms. The molecule has 0 aliphatic carbocycles. The van der Waals surface area contributed by atoms with Gasteiger partial charge in [0.25, 0.3) is 5.56 Å². The number of thiophene rings is 1. The Hall–Kier alpha value is -3.56. The molecule has 5 rings (SSSR count). The van der Waals surface area contributed by atoms with E-state index in [2.05, 4.69) is 28.8 Å². The molecule has 5 aromatic rings. The van der Waals surface area contributed by atoms with Gasteiger partial charge in [-0.25, -0.2) is 19.7 Å². The maximum atomic E-state index is 13.0. The number of benzene rings is 1. The van der Waals surface area contributed by atoms with Crippen LogP contribution in [0.5, 0.6) is 0 Å². The van der Waals surface area contributed by atoms with Crippen LogP contribution in [0, 0.1) is 20.8 Å². The summed E-state index contributed by atoms with van der Waals surface area (Å²) in [6, 6.07) is 12.3. The molecule has 0 aliphatic heterocycles. The molecular weight excluding hydrogens is 468 g/mol. The standard InChI is InChI=1S/C25H20N4O3S2/c1-14-7-6-10-29-20(30)11-17(28-22(14)29)12-32-25(31)18-8-4-5-9-19(18)34-24-21-15(2)16(3)33-23(21)26-13-27-24/h4-11,13H,12H2,1-3H3. The summed E-state index contributed by atoms with van der Waals surface area (Å²) in [6.45, 7) is 5.91. The number of pyridine rings is 1. The summed E-state index contributed by atoms with van der Waals surface area (Å²) < 4.78 is 7.03. The number of esters is 1. The molecule has 0 radical (unpaired) electrons. The van der Waals surface area contributed by atoms with E-state index in [1.54, 1.807) is 42.1 Å². The normalized spacial score (nSPS) is 11.3. The summed E-state index contributed by atoms with van der Waals surface area (Å²) in [5.41, 5.74) is 3.17. The molecule has 4 aromatic heterocycles. The quantitative estimate of drug-likeness (QED) is 0.250. The highest BCUT2D eigenvalue weighted by Gasteiger charge is 2.18. The van der Waals surface area contributed by atoms with E-state index in [0.717, 1.165) is 31.3 Å². The third-order valence-electron chi connectivity index (χ3n) is 5.53. The molecule has 0 fully saturated rings. The number of nitrogens with zero attached hydrogens (tertiary/aromatic N) is 4. The number of hydrogen-bond acceptors (Lipinski definition) is 8. The number of aromatic nitrogens is 4. The van der Waals surface area contributed by atoms with Crippen LogP contribution in [0.1, 0.15) is 32.1 Å². The summed E-state index contributed by atoms with van der Waals surface area (Å²) in [4.78, 5) is 41.7. The van der Waals surface area contributed by atoms with Crippen LogP contribution in [0.25, 0.3) is 15.9 Å². The minimum atomic E-state index is -0.488. The molecule has 4 heterocycles. The summed E-state index contributed by atoms with van der Waals surface area (Å²) in [7, 11) is 0. The average Bonchev–Trinajstić information content (AvgIpc) is 3.13. The first kappa shape index (κ1) is 22.2. The molecule has 170 valence electrons. The zero-order chi connectivity index (χ0) is 23.8. The van der Waals surface area contributed by atoms with Crippen LogP contribution in [0.2, 0.25) is 0 Å². The molecule has 0 bridgehead atoms. The van der Waals surface area contributed by atoms with Gasteiger partial charge >= 0.3 is 5.97 Å². The Kier molecular flexibility index (Phi) is 5.89. The highest BCUT2D eigenvalue weighted by molar-refractivity contribution is 7.99. The average molecular weight is 489 g/mol. The third-order valence-corrected chi connectivity index (χ3v) is 7.73. The predicted molar refractivity (Wildman–Crippen MR) is 133 cm³/mol. The SMILES string of the molecule is Cc1sc2ncnc(Sc3ccccc3C(=O)OCc3cc(=O)n4cccc(C)c4n3)c2c1C. The third kappa shape index (κ3) is 4.08. The Labute approximate surface area is 203 Å². The van der Waals surface area contributed by atoms with Gasteiger partial charge in [0.2, 0.25) is 0 Å². The fraction of sp³-hybridized carbons (Fsp3) is 0.160. The molecule has 7 nitrogen and oxygen atoms in total. The maximum Gasteiger partial charge on any atom is 0.339 e. The van der Waals surface area contributed by atoms with Crippen molar-refractivity contribution in [3.63, 3.8) is 0 Å². The van der Waals surface area contributed by atoms with Crippen molar-refractivity contribution >= 4 is 44.9 Å². The van der Waals surface area contributed by atoms with E-state index in [1.807, 2.05) is 25.1 Å². The van der Waals surface area contributed by atoms with Crippen LogP contribution < -0.4 is 5.56 Å². The molecule has 0 unspecified atom stereocenters. The lowest BCUT2D eigenvalue weighted by molar-refractivity contribution is 0.0463. The monoisotopic (exact) mass is 488 g/mol. The molecule has 0 saturated carbocycles. The summed E-state index contributed by atoms with van der Waals surface area (Å²) in [5, 5.41) is 1.81. The van der Waals surface area contributed by atoms with Crippen LogP contribution in [0.3, 0.4) is 0 Å².